The second-order valence-electron chi connectivity index (χ2n) is 3.36. The van der Waals surface area contributed by atoms with Crippen molar-refractivity contribution in [1.82, 2.24) is 0 Å². The monoisotopic (exact) mass is 186 g/mol. The van der Waals surface area contributed by atoms with E-state index in [4.69, 9.17) is 4.42 Å². The van der Waals surface area contributed by atoms with Crippen molar-refractivity contribution in [2.24, 2.45) is 0 Å². The van der Waals surface area contributed by atoms with Gasteiger partial charge in [-0.05, 0) is 36.4 Å². The van der Waals surface area contributed by atoms with Crippen molar-refractivity contribution in [2.45, 2.75) is 0 Å². The molecule has 0 aliphatic carbocycles. The average molecular weight is 186 g/mol. The van der Waals surface area contributed by atoms with Crippen LogP contribution >= 0.6 is 0 Å². The Morgan fingerprint density at radius 2 is 1.79 bits per heavy atom. The molecule has 2 nitrogen and oxygen atoms in total. The smallest absolute Gasteiger partial charge is 0.170 e. The van der Waals surface area contributed by atoms with Crippen molar-refractivity contribution in [3.05, 3.63) is 42.7 Å². The lowest BCUT2D eigenvalue weighted by Crippen LogP contribution is -2.07. The summed E-state index contributed by atoms with van der Waals surface area (Å²) in [6.45, 7) is 0. The highest BCUT2D eigenvalue weighted by Crippen LogP contribution is 2.22. The predicted octanol–water partition coefficient (Wildman–Crippen LogP) is 2.81. The van der Waals surface area contributed by atoms with Gasteiger partial charge in [-0.1, -0.05) is 0 Å². The summed E-state index contributed by atoms with van der Waals surface area (Å²) in [6, 6.07) is 11.9. The molecule has 0 bridgehead atoms. The summed E-state index contributed by atoms with van der Waals surface area (Å²) in [5.41, 5.74) is 2.26. The molecular weight excluding hydrogens is 174 g/mol. The molecule has 0 atom stereocenters. The van der Waals surface area contributed by atoms with Crippen molar-refractivity contribution in [3.63, 3.8) is 0 Å². The summed E-state index contributed by atoms with van der Waals surface area (Å²) in [6.07, 6.45) is 2.68. The van der Waals surface area contributed by atoms with Crippen LogP contribution in [0.15, 0.2) is 40.8 Å². The second kappa shape index (κ2) is 3.58. The molecule has 0 amide bonds. The molecule has 0 saturated carbocycles. The maximum atomic E-state index is 5.18. The van der Waals surface area contributed by atoms with Crippen molar-refractivity contribution in [1.29, 1.82) is 0 Å². The Morgan fingerprint density at radius 3 is 2.29 bits per heavy atom. The van der Waals surface area contributed by atoms with Crippen LogP contribution in [0.3, 0.4) is 0 Å². The molecule has 1 aromatic carbocycles. The largest absolute Gasteiger partial charge is 0.453 e. The van der Waals surface area contributed by atoms with Crippen LogP contribution < -0.4 is 4.90 Å². The SMILES string of the molecule is CN(C)c1ccc(-c2cc[c]o2)cc1. The summed E-state index contributed by atoms with van der Waals surface area (Å²) in [7, 11) is 4.05. The number of nitrogens with zero attached hydrogens (tertiary/aromatic N) is 1. The van der Waals surface area contributed by atoms with Crippen molar-refractivity contribution in [2.75, 3.05) is 19.0 Å². The fourth-order valence-electron chi connectivity index (χ4n) is 1.32. The number of rotatable bonds is 2. The van der Waals surface area contributed by atoms with Crippen LogP contribution in [0.4, 0.5) is 5.69 Å². The Hall–Kier alpha value is -1.70. The molecule has 0 aliphatic rings. The molecule has 2 heteroatoms. The minimum Gasteiger partial charge on any atom is -0.453 e. The third kappa shape index (κ3) is 1.64. The predicted molar refractivity (Wildman–Crippen MR) is 57.3 cm³/mol. The summed E-state index contributed by atoms with van der Waals surface area (Å²) in [4.78, 5) is 2.07. The lowest BCUT2D eigenvalue weighted by atomic mass is 10.1. The van der Waals surface area contributed by atoms with Gasteiger partial charge in [0.25, 0.3) is 0 Å². The number of benzene rings is 1. The third-order valence-corrected chi connectivity index (χ3v) is 2.14. The van der Waals surface area contributed by atoms with Gasteiger partial charge < -0.3 is 9.32 Å². The first-order valence-electron chi connectivity index (χ1n) is 4.51. The molecule has 0 spiro atoms. The van der Waals surface area contributed by atoms with Gasteiger partial charge >= 0.3 is 0 Å². The maximum absolute atomic E-state index is 5.18. The average Bonchev–Trinajstić information content (AvgIpc) is 2.71. The molecule has 0 aliphatic heterocycles. The Morgan fingerprint density at radius 1 is 1.07 bits per heavy atom. The molecule has 1 heterocycles. The van der Waals surface area contributed by atoms with E-state index in [1.807, 2.05) is 32.3 Å². The van der Waals surface area contributed by atoms with Crippen LogP contribution in [0, 0.1) is 6.26 Å². The minimum absolute atomic E-state index is 0.857. The first-order chi connectivity index (χ1) is 6.77. The fourth-order valence-corrected chi connectivity index (χ4v) is 1.32. The van der Waals surface area contributed by atoms with Crippen molar-refractivity contribution in [3.8, 4) is 11.3 Å². The van der Waals surface area contributed by atoms with Crippen LogP contribution in [0.2, 0.25) is 0 Å². The summed E-state index contributed by atoms with van der Waals surface area (Å²) in [5.74, 6) is 0.857. The van der Waals surface area contributed by atoms with E-state index in [-0.39, 0.29) is 0 Å². The van der Waals surface area contributed by atoms with Crippen LogP contribution in [0.1, 0.15) is 0 Å². The Balaban J connectivity index is 2.31. The highest BCUT2D eigenvalue weighted by molar-refractivity contribution is 5.61. The van der Waals surface area contributed by atoms with E-state index < -0.39 is 0 Å². The molecule has 71 valence electrons. The normalized spacial score (nSPS) is 10.1. The van der Waals surface area contributed by atoms with Crippen LogP contribution in [0.25, 0.3) is 11.3 Å². The van der Waals surface area contributed by atoms with E-state index in [9.17, 15) is 0 Å². The Labute approximate surface area is 83.8 Å². The summed E-state index contributed by atoms with van der Waals surface area (Å²) in [5, 5.41) is 0. The molecule has 2 rings (SSSR count). The zero-order valence-corrected chi connectivity index (χ0v) is 8.32. The fraction of sp³-hybridized carbons (Fsp3) is 0.167. The molecule has 1 aromatic heterocycles. The van der Waals surface area contributed by atoms with E-state index in [1.54, 1.807) is 6.07 Å². The zero-order valence-electron chi connectivity index (χ0n) is 8.32. The lowest BCUT2D eigenvalue weighted by molar-refractivity contribution is 0.573. The summed E-state index contributed by atoms with van der Waals surface area (Å²) < 4.78 is 5.18. The van der Waals surface area contributed by atoms with Gasteiger partial charge in [-0.2, -0.15) is 0 Å². The lowest BCUT2D eigenvalue weighted by Gasteiger charge is -2.11. The van der Waals surface area contributed by atoms with E-state index >= 15 is 0 Å². The van der Waals surface area contributed by atoms with Crippen molar-refractivity contribution < 1.29 is 4.42 Å². The molecule has 0 unspecified atom stereocenters. The summed E-state index contributed by atoms with van der Waals surface area (Å²) >= 11 is 0. The van der Waals surface area contributed by atoms with E-state index in [0.717, 1.165) is 11.3 Å². The molecule has 0 fully saturated rings. The van der Waals surface area contributed by atoms with Gasteiger partial charge in [-0.3, -0.25) is 0 Å². The highest BCUT2D eigenvalue weighted by atomic mass is 16.3. The number of furan rings is 1. The van der Waals surface area contributed by atoms with Gasteiger partial charge in [-0.15, -0.1) is 0 Å². The van der Waals surface area contributed by atoms with Gasteiger partial charge in [0.2, 0.25) is 0 Å². The molecule has 2 aromatic rings. The first kappa shape index (κ1) is 8.88. The zero-order chi connectivity index (χ0) is 9.97. The standard InChI is InChI=1S/C12H12NO/c1-13(2)11-7-5-10(6-8-11)12-4-3-9-14-12/h3-8H,1-2H3. The minimum atomic E-state index is 0.857. The van der Waals surface area contributed by atoms with E-state index in [1.165, 1.54) is 5.69 Å². The van der Waals surface area contributed by atoms with Crippen molar-refractivity contribution >= 4 is 5.69 Å². The first-order valence-corrected chi connectivity index (χ1v) is 4.51. The van der Waals surface area contributed by atoms with E-state index in [0.29, 0.717) is 0 Å². The van der Waals surface area contributed by atoms with E-state index in [2.05, 4.69) is 23.3 Å². The van der Waals surface area contributed by atoms with Gasteiger partial charge in [0.05, 0.1) is 0 Å². The molecule has 0 saturated heterocycles. The molecular formula is C12H12NO. The van der Waals surface area contributed by atoms with Crippen LogP contribution in [-0.4, -0.2) is 14.1 Å². The number of hydrogen-bond acceptors (Lipinski definition) is 2. The molecule has 14 heavy (non-hydrogen) atoms. The maximum Gasteiger partial charge on any atom is 0.170 e. The topological polar surface area (TPSA) is 16.4 Å². The van der Waals surface area contributed by atoms with Gasteiger partial charge in [0.1, 0.15) is 5.76 Å². The second-order valence-corrected chi connectivity index (χ2v) is 3.36. The van der Waals surface area contributed by atoms with Gasteiger partial charge in [-0.25, -0.2) is 0 Å². The van der Waals surface area contributed by atoms with Crippen LogP contribution in [0.5, 0.6) is 0 Å². The Bertz CT molecular complexity index is 387. The third-order valence-electron chi connectivity index (χ3n) is 2.14. The Kier molecular flexibility index (Phi) is 2.27. The van der Waals surface area contributed by atoms with Gasteiger partial charge in [0.15, 0.2) is 6.26 Å². The number of anilines is 1. The van der Waals surface area contributed by atoms with Gasteiger partial charge in [0, 0.05) is 25.3 Å². The molecule has 1 radical (unpaired) electrons. The number of hydrogen-bond donors (Lipinski definition) is 0. The highest BCUT2D eigenvalue weighted by Gasteiger charge is 2.00. The quantitative estimate of drug-likeness (QED) is 0.717. The molecule has 0 N–H and O–H groups in total. The van der Waals surface area contributed by atoms with Crippen LogP contribution in [-0.2, 0) is 0 Å².